The van der Waals surface area contributed by atoms with Crippen molar-refractivity contribution < 1.29 is 27.1 Å². The van der Waals surface area contributed by atoms with E-state index in [4.69, 9.17) is 9.47 Å². The smallest absolute Gasteiger partial charge is 0.407 e. The predicted molar refractivity (Wildman–Crippen MR) is 102 cm³/mol. The number of halogens is 1. The summed E-state index contributed by atoms with van der Waals surface area (Å²) in [6.07, 6.45) is 2.58. The quantitative estimate of drug-likeness (QED) is 0.742. The fourth-order valence-corrected chi connectivity index (χ4v) is 3.46. The Morgan fingerprint density at radius 3 is 2.43 bits per heavy atom. The Kier molecular flexibility index (Phi) is 7.17. The second-order valence-corrected chi connectivity index (χ2v) is 9.57. The molecule has 11 heteroatoms. The highest BCUT2D eigenvalue weighted by Gasteiger charge is 2.23. The molecule has 0 aliphatic carbocycles. The van der Waals surface area contributed by atoms with Gasteiger partial charge in [0.2, 0.25) is 5.95 Å². The average molecular weight is 416 g/mol. The number of carbonyl (C=O) groups excluding carboxylic acids is 1. The molecule has 2 heterocycles. The van der Waals surface area contributed by atoms with Crippen LogP contribution in [0.2, 0.25) is 0 Å². The number of nitrogens with zero attached hydrogens (tertiary/aromatic N) is 3. The molecule has 0 aromatic carbocycles. The Bertz CT molecular complexity index is 792. The van der Waals surface area contributed by atoms with Gasteiger partial charge >= 0.3 is 6.09 Å². The van der Waals surface area contributed by atoms with Crippen LogP contribution in [-0.4, -0.2) is 67.8 Å². The van der Waals surface area contributed by atoms with E-state index < -0.39 is 21.5 Å². The lowest BCUT2D eigenvalue weighted by atomic mass is 10.2. The largest absolute Gasteiger partial charge is 0.486 e. The third-order valence-corrected chi connectivity index (χ3v) is 5.29. The van der Waals surface area contributed by atoms with E-state index in [1.54, 1.807) is 25.7 Å². The standard InChI is InChI=1S/C17H25FN4O5S/c1-17(2,3)27-16(23)21-9-13(8-18)12-26-14-10-19-15(20-11-14)22-4-6-28(24,25)7-5-22/h8,10-11H,4-7,9,12H2,1-3H3,(H,21,23)/b13-8+. The molecule has 1 fully saturated rings. The molecule has 9 nitrogen and oxygen atoms in total. The van der Waals surface area contributed by atoms with Gasteiger partial charge in [-0.2, -0.15) is 0 Å². The van der Waals surface area contributed by atoms with Gasteiger partial charge in [0.25, 0.3) is 0 Å². The normalized spacial score (nSPS) is 17.1. The number of amides is 1. The van der Waals surface area contributed by atoms with E-state index in [-0.39, 0.29) is 30.2 Å². The van der Waals surface area contributed by atoms with Gasteiger partial charge in [0.1, 0.15) is 12.2 Å². The van der Waals surface area contributed by atoms with Crippen LogP contribution in [0, 0.1) is 0 Å². The first-order chi connectivity index (χ1) is 13.1. The van der Waals surface area contributed by atoms with Gasteiger partial charge in [-0.15, -0.1) is 0 Å². The Morgan fingerprint density at radius 2 is 1.89 bits per heavy atom. The van der Waals surface area contributed by atoms with Gasteiger partial charge in [-0.05, 0) is 20.8 Å². The molecule has 1 aliphatic rings. The van der Waals surface area contributed by atoms with E-state index >= 15 is 0 Å². The van der Waals surface area contributed by atoms with Crippen molar-refractivity contribution in [3.63, 3.8) is 0 Å². The first-order valence-electron chi connectivity index (χ1n) is 8.73. The maximum absolute atomic E-state index is 13.0. The summed E-state index contributed by atoms with van der Waals surface area (Å²) in [5.74, 6) is 0.883. The number of aromatic nitrogens is 2. The zero-order chi connectivity index (χ0) is 20.8. The summed E-state index contributed by atoms with van der Waals surface area (Å²) in [6.45, 7) is 5.71. The zero-order valence-electron chi connectivity index (χ0n) is 16.1. The van der Waals surface area contributed by atoms with Crippen molar-refractivity contribution in [1.29, 1.82) is 0 Å². The molecule has 1 aromatic rings. The second-order valence-electron chi connectivity index (χ2n) is 7.27. The van der Waals surface area contributed by atoms with Gasteiger partial charge in [0, 0.05) is 25.2 Å². The number of carbonyl (C=O) groups is 1. The maximum atomic E-state index is 13.0. The lowest BCUT2D eigenvalue weighted by Crippen LogP contribution is -2.41. The molecule has 1 amide bonds. The van der Waals surface area contributed by atoms with Crippen molar-refractivity contribution in [2.75, 3.05) is 42.6 Å². The summed E-state index contributed by atoms with van der Waals surface area (Å²) >= 11 is 0. The molecule has 2 rings (SSSR count). The highest BCUT2D eigenvalue weighted by molar-refractivity contribution is 7.91. The fraction of sp³-hybridized carbons (Fsp3) is 0.588. The van der Waals surface area contributed by atoms with E-state index in [2.05, 4.69) is 15.3 Å². The SMILES string of the molecule is CC(C)(C)OC(=O)NC/C(=C\F)COc1cnc(N2CCS(=O)(=O)CC2)nc1. The molecule has 1 N–H and O–H groups in total. The van der Waals surface area contributed by atoms with Crippen LogP contribution in [0.3, 0.4) is 0 Å². The van der Waals surface area contributed by atoms with E-state index in [0.29, 0.717) is 31.1 Å². The minimum Gasteiger partial charge on any atom is -0.486 e. The molecule has 0 saturated carbocycles. The average Bonchev–Trinajstić information content (AvgIpc) is 2.61. The molecular weight excluding hydrogens is 391 g/mol. The van der Waals surface area contributed by atoms with Crippen molar-refractivity contribution in [2.24, 2.45) is 0 Å². The van der Waals surface area contributed by atoms with Crippen molar-refractivity contribution in [1.82, 2.24) is 15.3 Å². The molecule has 0 atom stereocenters. The monoisotopic (exact) mass is 416 g/mol. The van der Waals surface area contributed by atoms with Crippen LogP contribution in [0.1, 0.15) is 20.8 Å². The van der Waals surface area contributed by atoms with Crippen molar-refractivity contribution in [3.05, 3.63) is 24.3 Å². The summed E-state index contributed by atoms with van der Waals surface area (Å²) in [7, 11) is -2.98. The van der Waals surface area contributed by atoms with Crippen LogP contribution in [0.5, 0.6) is 5.75 Å². The van der Waals surface area contributed by atoms with Crippen molar-refractivity contribution in [3.8, 4) is 5.75 Å². The Balaban J connectivity index is 1.81. The van der Waals surface area contributed by atoms with Gasteiger partial charge in [0.05, 0.1) is 30.2 Å². The van der Waals surface area contributed by atoms with Crippen LogP contribution in [0.15, 0.2) is 24.3 Å². The molecule has 0 spiro atoms. The fourth-order valence-electron chi connectivity index (χ4n) is 2.26. The molecule has 1 aromatic heterocycles. The first kappa shape index (κ1) is 21.9. The number of ether oxygens (including phenoxy) is 2. The van der Waals surface area contributed by atoms with E-state index in [1.807, 2.05) is 0 Å². The van der Waals surface area contributed by atoms with Gasteiger partial charge in [-0.3, -0.25) is 0 Å². The topological polar surface area (TPSA) is 111 Å². The minimum atomic E-state index is -2.98. The molecule has 1 saturated heterocycles. The molecule has 0 radical (unpaired) electrons. The van der Waals surface area contributed by atoms with E-state index in [9.17, 15) is 17.6 Å². The van der Waals surface area contributed by atoms with Crippen LogP contribution >= 0.6 is 0 Å². The summed E-state index contributed by atoms with van der Waals surface area (Å²) < 4.78 is 46.4. The second kappa shape index (κ2) is 9.18. The van der Waals surface area contributed by atoms with Crippen molar-refractivity contribution >= 4 is 21.9 Å². The van der Waals surface area contributed by atoms with Gasteiger partial charge in [0.15, 0.2) is 15.6 Å². The summed E-state index contributed by atoms with van der Waals surface area (Å²) in [6, 6.07) is 0. The maximum Gasteiger partial charge on any atom is 0.407 e. The number of anilines is 1. The van der Waals surface area contributed by atoms with Crippen LogP contribution < -0.4 is 15.0 Å². The predicted octanol–water partition coefficient (Wildman–Crippen LogP) is 1.47. The minimum absolute atomic E-state index is 0.0629. The van der Waals surface area contributed by atoms with E-state index in [1.165, 1.54) is 12.4 Å². The number of alkyl carbamates (subject to hydrolysis) is 1. The molecule has 156 valence electrons. The zero-order valence-corrected chi connectivity index (χ0v) is 17.0. The summed E-state index contributed by atoms with van der Waals surface area (Å²) in [5, 5.41) is 2.45. The third kappa shape index (κ3) is 7.29. The molecule has 28 heavy (non-hydrogen) atoms. The van der Waals surface area contributed by atoms with E-state index in [0.717, 1.165) is 0 Å². The molecular formula is C17H25FN4O5S. The molecule has 0 bridgehead atoms. The lowest BCUT2D eigenvalue weighted by Gasteiger charge is -2.26. The third-order valence-electron chi connectivity index (χ3n) is 3.68. The lowest BCUT2D eigenvalue weighted by molar-refractivity contribution is 0.0531. The number of hydrogen-bond donors (Lipinski definition) is 1. The highest BCUT2D eigenvalue weighted by atomic mass is 32.2. The Hall–Kier alpha value is -2.43. The molecule has 0 unspecified atom stereocenters. The molecule has 1 aliphatic heterocycles. The van der Waals surface area contributed by atoms with Crippen molar-refractivity contribution in [2.45, 2.75) is 26.4 Å². The van der Waals surface area contributed by atoms with Gasteiger partial charge in [-0.1, -0.05) is 0 Å². The number of hydrogen-bond acceptors (Lipinski definition) is 8. The van der Waals surface area contributed by atoms with Crippen LogP contribution in [0.25, 0.3) is 0 Å². The highest BCUT2D eigenvalue weighted by Crippen LogP contribution is 2.15. The summed E-state index contributed by atoms with van der Waals surface area (Å²) in [5.41, 5.74) is -0.436. The number of rotatable bonds is 6. The van der Waals surface area contributed by atoms with Gasteiger partial charge < -0.3 is 19.7 Å². The Labute approximate surface area is 163 Å². The summed E-state index contributed by atoms with van der Waals surface area (Å²) in [4.78, 5) is 21.7. The van der Waals surface area contributed by atoms with Crippen LogP contribution in [0.4, 0.5) is 15.1 Å². The number of nitrogens with one attached hydrogen (secondary N) is 1. The first-order valence-corrected chi connectivity index (χ1v) is 10.6. The van der Waals surface area contributed by atoms with Crippen LogP contribution in [-0.2, 0) is 14.6 Å². The number of sulfone groups is 1. The Morgan fingerprint density at radius 1 is 1.29 bits per heavy atom. The van der Waals surface area contributed by atoms with Gasteiger partial charge in [-0.25, -0.2) is 27.6 Å².